The number of aromatic nitrogens is 3. The third kappa shape index (κ3) is 3.10. The van der Waals surface area contributed by atoms with Crippen LogP contribution in [0.4, 0.5) is 0 Å². The fraction of sp³-hybridized carbons (Fsp3) is 0.800. The van der Waals surface area contributed by atoms with Gasteiger partial charge in [0, 0.05) is 20.1 Å². The van der Waals surface area contributed by atoms with Crippen molar-refractivity contribution in [1.82, 2.24) is 19.3 Å². The van der Waals surface area contributed by atoms with E-state index in [-0.39, 0.29) is 9.63 Å². The van der Waals surface area contributed by atoms with Gasteiger partial charge in [0.15, 0.2) is 4.60 Å². The quantitative estimate of drug-likeness (QED) is 0.790. The highest BCUT2D eigenvalue weighted by Crippen LogP contribution is 2.23. The first-order chi connectivity index (χ1) is 8.34. The van der Waals surface area contributed by atoms with Crippen LogP contribution in [0.2, 0.25) is 0 Å². The van der Waals surface area contributed by atoms with Gasteiger partial charge in [0.2, 0.25) is 5.03 Å². The molecule has 104 valence electrons. The van der Waals surface area contributed by atoms with E-state index >= 15 is 0 Å². The van der Waals surface area contributed by atoms with Crippen molar-refractivity contribution in [3.05, 3.63) is 4.60 Å². The van der Waals surface area contributed by atoms with Crippen LogP contribution in [0.1, 0.15) is 27.2 Å². The van der Waals surface area contributed by atoms with Crippen molar-refractivity contribution in [1.29, 1.82) is 0 Å². The zero-order valence-corrected chi connectivity index (χ0v) is 13.5. The molecule has 1 unspecified atom stereocenters. The molecule has 18 heavy (non-hydrogen) atoms. The molecule has 8 heteroatoms. The molecule has 0 spiro atoms. The summed E-state index contributed by atoms with van der Waals surface area (Å²) in [7, 11) is -1.98. The fourth-order valence-corrected chi connectivity index (χ4v) is 4.19. The lowest BCUT2D eigenvalue weighted by atomic mass is 10.1. The van der Waals surface area contributed by atoms with Gasteiger partial charge in [0.05, 0.1) is 0 Å². The van der Waals surface area contributed by atoms with Crippen LogP contribution >= 0.6 is 15.9 Å². The van der Waals surface area contributed by atoms with Crippen molar-refractivity contribution in [3.8, 4) is 0 Å². The van der Waals surface area contributed by atoms with Gasteiger partial charge in [0.25, 0.3) is 10.0 Å². The van der Waals surface area contributed by atoms with E-state index in [0.29, 0.717) is 19.0 Å². The normalized spacial score (nSPS) is 14.1. The summed E-state index contributed by atoms with van der Waals surface area (Å²) in [4.78, 5) is 0. The first-order valence-corrected chi connectivity index (χ1v) is 8.13. The zero-order chi connectivity index (χ0) is 13.9. The average molecular weight is 339 g/mol. The van der Waals surface area contributed by atoms with E-state index in [1.54, 1.807) is 7.05 Å². The fourth-order valence-electron chi connectivity index (χ4n) is 1.59. The molecule has 0 aliphatic heterocycles. The van der Waals surface area contributed by atoms with Gasteiger partial charge < -0.3 is 0 Å². The van der Waals surface area contributed by atoms with Crippen LogP contribution in [0.25, 0.3) is 0 Å². The molecule has 0 saturated carbocycles. The van der Waals surface area contributed by atoms with Crippen molar-refractivity contribution in [3.63, 3.8) is 0 Å². The van der Waals surface area contributed by atoms with Crippen molar-refractivity contribution >= 4 is 26.0 Å². The molecular weight excluding hydrogens is 320 g/mol. The van der Waals surface area contributed by atoms with Crippen LogP contribution in [0.3, 0.4) is 0 Å². The van der Waals surface area contributed by atoms with E-state index in [2.05, 4.69) is 26.2 Å². The summed E-state index contributed by atoms with van der Waals surface area (Å²) >= 11 is 3.13. The smallest absolute Gasteiger partial charge is 0.235 e. The maximum Gasteiger partial charge on any atom is 0.263 e. The highest BCUT2D eigenvalue weighted by atomic mass is 79.9. The van der Waals surface area contributed by atoms with E-state index in [9.17, 15) is 8.42 Å². The zero-order valence-electron chi connectivity index (χ0n) is 11.1. The van der Waals surface area contributed by atoms with Crippen LogP contribution in [-0.4, -0.2) is 40.8 Å². The third-order valence-corrected chi connectivity index (χ3v) is 5.72. The molecule has 1 atom stereocenters. The molecule has 0 radical (unpaired) electrons. The Morgan fingerprint density at radius 3 is 2.44 bits per heavy atom. The van der Waals surface area contributed by atoms with Crippen LogP contribution in [0.15, 0.2) is 9.63 Å². The molecule has 0 aliphatic rings. The summed E-state index contributed by atoms with van der Waals surface area (Å²) in [6, 6.07) is 0. The van der Waals surface area contributed by atoms with E-state index in [1.807, 2.05) is 20.8 Å². The predicted octanol–water partition coefficient (Wildman–Crippen LogP) is 1.63. The molecule has 0 N–H and O–H groups in total. The number of halogens is 1. The van der Waals surface area contributed by atoms with Gasteiger partial charge in [-0.2, -0.15) is 4.31 Å². The number of nitrogens with zero attached hydrogens (tertiary/aromatic N) is 4. The van der Waals surface area contributed by atoms with E-state index in [1.165, 1.54) is 8.99 Å². The Labute approximate surface area is 117 Å². The first-order valence-electron chi connectivity index (χ1n) is 5.89. The molecule has 0 aliphatic carbocycles. The van der Waals surface area contributed by atoms with Crippen LogP contribution in [0.5, 0.6) is 0 Å². The number of aryl methyl sites for hydroxylation is 1. The van der Waals surface area contributed by atoms with Gasteiger partial charge in [0.1, 0.15) is 0 Å². The number of sulfonamides is 1. The molecule has 0 saturated heterocycles. The predicted molar refractivity (Wildman–Crippen MR) is 72.6 cm³/mol. The van der Waals surface area contributed by atoms with Gasteiger partial charge >= 0.3 is 0 Å². The number of rotatable bonds is 6. The van der Waals surface area contributed by atoms with E-state index < -0.39 is 10.0 Å². The Kier molecular flexibility index (Phi) is 5.30. The summed E-state index contributed by atoms with van der Waals surface area (Å²) in [5, 5.41) is 7.54. The van der Waals surface area contributed by atoms with E-state index in [0.717, 1.165) is 6.42 Å². The minimum atomic E-state index is -3.55. The molecule has 0 aromatic carbocycles. The minimum absolute atomic E-state index is 0.104. The van der Waals surface area contributed by atoms with Crippen molar-refractivity contribution < 1.29 is 8.42 Å². The Bertz CT molecular complexity index is 480. The summed E-state index contributed by atoms with van der Waals surface area (Å²) in [6.07, 6.45) is 0.941. The maximum absolute atomic E-state index is 12.5. The highest BCUT2D eigenvalue weighted by molar-refractivity contribution is 9.10. The maximum atomic E-state index is 12.5. The molecule has 1 aromatic heterocycles. The number of hydrogen-bond acceptors (Lipinski definition) is 4. The molecular formula is C10H19BrN4O2S. The molecule has 0 bridgehead atoms. The lowest BCUT2D eigenvalue weighted by Gasteiger charge is -2.23. The van der Waals surface area contributed by atoms with Crippen molar-refractivity contribution in [2.75, 3.05) is 13.1 Å². The monoisotopic (exact) mass is 338 g/mol. The van der Waals surface area contributed by atoms with Gasteiger partial charge in [-0.25, -0.2) is 13.1 Å². The standard InChI is InChI=1S/C10H19BrN4O2S/c1-5-8(3)7-15(6-2)18(16,17)10-9(11)12-13-14(10)4/h8H,5-7H2,1-4H3. The van der Waals surface area contributed by atoms with Crippen molar-refractivity contribution in [2.45, 2.75) is 32.2 Å². The molecule has 1 heterocycles. The lowest BCUT2D eigenvalue weighted by molar-refractivity contribution is 0.358. The lowest BCUT2D eigenvalue weighted by Crippen LogP contribution is -2.35. The van der Waals surface area contributed by atoms with Crippen LogP contribution < -0.4 is 0 Å². The number of hydrogen-bond donors (Lipinski definition) is 0. The third-order valence-electron chi connectivity index (χ3n) is 2.89. The molecule has 1 aromatic rings. The molecule has 0 fully saturated rings. The van der Waals surface area contributed by atoms with Crippen LogP contribution in [-0.2, 0) is 17.1 Å². The molecule has 6 nitrogen and oxygen atoms in total. The molecule has 0 amide bonds. The summed E-state index contributed by atoms with van der Waals surface area (Å²) in [6.45, 7) is 6.86. The summed E-state index contributed by atoms with van der Waals surface area (Å²) < 4.78 is 28.0. The molecule has 1 rings (SSSR count). The minimum Gasteiger partial charge on any atom is -0.235 e. The van der Waals surface area contributed by atoms with Crippen molar-refractivity contribution in [2.24, 2.45) is 13.0 Å². The van der Waals surface area contributed by atoms with Gasteiger partial charge in [-0.1, -0.05) is 32.4 Å². The van der Waals surface area contributed by atoms with Crippen LogP contribution in [0, 0.1) is 5.92 Å². The SMILES string of the molecule is CCC(C)CN(CC)S(=O)(=O)c1c(Br)nnn1C. The second-order valence-corrected chi connectivity index (χ2v) is 6.88. The Hall–Kier alpha value is -0.470. The van der Waals surface area contributed by atoms with Gasteiger partial charge in [-0.15, -0.1) is 5.10 Å². The largest absolute Gasteiger partial charge is 0.263 e. The van der Waals surface area contributed by atoms with Gasteiger partial charge in [-0.3, -0.25) is 0 Å². The summed E-state index contributed by atoms with van der Waals surface area (Å²) in [5.41, 5.74) is 0. The first kappa shape index (κ1) is 15.6. The average Bonchev–Trinajstić information content (AvgIpc) is 2.65. The summed E-state index contributed by atoms with van der Waals surface area (Å²) in [5.74, 6) is 0.319. The topological polar surface area (TPSA) is 68.1 Å². The van der Waals surface area contributed by atoms with Gasteiger partial charge in [-0.05, 0) is 21.8 Å². The second-order valence-electron chi connectivity index (χ2n) is 4.28. The highest BCUT2D eigenvalue weighted by Gasteiger charge is 2.30. The second kappa shape index (κ2) is 6.12. The Balaban J connectivity index is 3.12. The Morgan fingerprint density at radius 1 is 1.44 bits per heavy atom. The van der Waals surface area contributed by atoms with E-state index in [4.69, 9.17) is 0 Å². The Morgan fingerprint density at radius 2 is 2.06 bits per heavy atom.